The molecule has 6 nitrogen and oxygen atoms in total. The molecule has 2 N–H and O–H groups in total. The predicted molar refractivity (Wildman–Crippen MR) is 121 cm³/mol. The van der Waals surface area contributed by atoms with E-state index in [0.29, 0.717) is 33.0 Å². The van der Waals surface area contributed by atoms with Gasteiger partial charge in [0.25, 0.3) is 5.91 Å². The number of aromatic nitrogens is 1. The second-order valence-electron chi connectivity index (χ2n) is 6.85. The molecule has 0 saturated heterocycles. The summed E-state index contributed by atoms with van der Waals surface area (Å²) in [6.45, 7) is 3.63. The number of carbonyl (C=O) groups is 1. The molecule has 1 atom stereocenters. The molecule has 30 heavy (non-hydrogen) atoms. The summed E-state index contributed by atoms with van der Waals surface area (Å²) in [4.78, 5) is 15.2. The molecule has 4 rings (SSSR count). The zero-order valence-electron chi connectivity index (χ0n) is 16.3. The van der Waals surface area contributed by atoms with Crippen LogP contribution in [0.25, 0.3) is 0 Å². The molecule has 0 bridgehead atoms. The van der Waals surface area contributed by atoms with Crippen LogP contribution in [0.4, 0.5) is 11.5 Å². The van der Waals surface area contributed by atoms with E-state index in [2.05, 4.69) is 15.8 Å². The van der Waals surface area contributed by atoms with Crippen molar-refractivity contribution in [3.63, 3.8) is 0 Å². The first-order valence-electron chi connectivity index (χ1n) is 9.31. The van der Waals surface area contributed by atoms with Crippen LogP contribution in [0.2, 0.25) is 5.02 Å². The molecule has 2 aromatic carbocycles. The largest absolute Gasteiger partial charge is 0.360 e. The van der Waals surface area contributed by atoms with Gasteiger partial charge in [-0.3, -0.25) is 9.69 Å². The molecule has 0 unspecified atom stereocenters. The number of benzene rings is 2. The molecule has 3 aromatic rings. The van der Waals surface area contributed by atoms with Crippen molar-refractivity contribution in [2.24, 2.45) is 0 Å². The predicted octanol–water partition coefficient (Wildman–Crippen LogP) is 4.98. The van der Waals surface area contributed by atoms with Gasteiger partial charge in [0.2, 0.25) is 0 Å². The maximum atomic E-state index is 13.4. The highest BCUT2D eigenvalue weighted by molar-refractivity contribution is 7.80. The molecule has 8 heteroatoms. The Labute approximate surface area is 184 Å². The Bertz CT molecular complexity index is 1140. The van der Waals surface area contributed by atoms with E-state index >= 15 is 0 Å². The lowest BCUT2D eigenvalue weighted by Crippen LogP contribution is -2.48. The normalized spacial score (nSPS) is 16.4. The van der Waals surface area contributed by atoms with E-state index in [1.165, 1.54) is 0 Å². The van der Waals surface area contributed by atoms with Gasteiger partial charge < -0.3 is 15.2 Å². The number of hydrogen-bond donors (Lipinski definition) is 2. The van der Waals surface area contributed by atoms with Crippen LogP contribution < -0.4 is 15.5 Å². The Morgan fingerprint density at radius 2 is 1.87 bits per heavy atom. The number of allylic oxidation sites excluding steroid dienone is 1. The van der Waals surface area contributed by atoms with Crippen molar-refractivity contribution in [1.82, 2.24) is 10.5 Å². The van der Waals surface area contributed by atoms with Gasteiger partial charge in [0, 0.05) is 22.5 Å². The molecule has 152 valence electrons. The molecule has 1 aliphatic heterocycles. The molecule has 0 fully saturated rings. The number of anilines is 2. The van der Waals surface area contributed by atoms with E-state index in [0.717, 1.165) is 11.3 Å². The number of nitrogens with zero attached hydrogens (tertiary/aromatic N) is 2. The Kier molecular flexibility index (Phi) is 5.57. The maximum Gasteiger partial charge on any atom is 0.257 e. The van der Waals surface area contributed by atoms with E-state index in [1.54, 1.807) is 19.1 Å². The van der Waals surface area contributed by atoms with Gasteiger partial charge in [0.05, 0.1) is 11.6 Å². The maximum absolute atomic E-state index is 13.4. The first kappa shape index (κ1) is 20.1. The third-order valence-corrected chi connectivity index (χ3v) is 5.47. The van der Waals surface area contributed by atoms with Crippen molar-refractivity contribution >= 4 is 46.3 Å². The van der Waals surface area contributed by atoms with Crippen LogP contribution in [0.15, 0.2) is 76.5 Å². The number of rotatable bonds is 4. The van der Waals surface area contributed by atoms with E-state index in [1.807, 2.05) is 60.4 Å². The van der Waals surface area contributed by atoms with Crippen molar-refractivity contribution in [3.8, 4) is 0 Å². The minimum absolute atomic E-state index is 0.318. The third kappa shape index (κ3) is 3.81. The van der Waals surface area contributed by atoms with Crippen LogP contribution in [-0.2, 0) is 4.79 Å². The summed E-state index contributed by atoms with van der Waals surface area (Å²) in [7, 11) is 0. The van der Waals surface area contributed by atoms with Crippen molar-refractivity contribution < 1.29 is 9.32 Å². The summed E-state index contributed by atoms with van der Waals surface area (Å²) >= 11 is 12.1. The van der Waals surface area contributed by atoms with Crippen LogP contribution in [0.3, 0.4) is 0 Å². The minimum Gasteiger partial charge on any atom is -0.360 e. The zero-order valence-corrected chi connectivity index (χ0v) is 17.9. The molecule has 0 spiro atoms. The fourth-order valence-corrected chi connectivity index (χ4v) is 4.08. The quantitative estimate of drug-likeness (QED) is 0.559. The summed E-state index contributed by atoms with van der Waals surface area (Å²) in [5, 5.41) is 11.0. The van der Waals surface area contributed by atoms with E-state index in [9.17, 15) is 4.79 Å². The molecule has 0 radical (unpaired) electrons. The number of nitrogens with one attached hydrogen (secondary N) is 2. The second kappa shape index (κ2) is 8.30. The molecule has 1 aliphatic rings. The molecular formula is C22H19ClN4O2S. The lowest BCUT2D eigenvalue weighted by Gasteiger charge is -2.38. The number of hydrogen-bond acceptors (Lipinski definition) is 4. The van der Waals surface area contributed by atoms with Gasteiger partial charge >= 0.3 is 0 Å². The standard InChI is InChI=1S/C22H19ClN4O2S/c1-13-12-18(26-29-13)24-21(28)19-14(2)27(15-8-4-3-5-9-15)22(30)25-20(19)16-10-6-7-11-17(16)23/h3-12,20H,1-2H3,(H,25,30)(H,24,26,28)/t20-/m0/s1. The summed E-state index contributed by atoms with van der Waals surface area (Å²) in [6, 6.07) is 18.2. The summed E-state index contributed by atoms with van der Waals surface area (Å²) in [5.41, 5.74) is 2.80. The lowest BCUT2D eigenvalue weighted by molar-refractivity contribution is -0.113. The molecule has 2 heterocycles. The summed E-state index contributed by atoms with van der Waals surface area (Å²) in [6.07, 6.45) is 0. The zero-order chi connectivity index (χ0) is 21.3. The highest BCUT2D eigenvalue weighted by atomic mass is 35.5. The number of para-hydroxylation sites is 1. The number of aryl methyl sites for hydroxylation is 1. The highest BCUT2D eigenvalue weighted by Gasteiger charge is 2.35. The monoisotopic (exact) mass is 438 g/mol. The van der Waals surface area contributed by atoms with Gasteiger partial charge in [0.1, 0.15) is 5.76 Å². The Hall–Kier alpha value is -3.16. The first-order chi connectivity index (χ1) is 14.5. The summed E-state index contributed by atoms with van der Waals surface area (Å²) < 4.78 is 5.07. The smallest absolute Gasteiger partial charge is 0.257 e. The van der Waals surface area contributed by atoms with Gasteiger partial charge in [-0.1, -0.05) is 53.2 Å². The van der Waals surface area contributed by atoms with Gasteiger partial charge in [-0.25, -0.2) is 0 Å². The fourth-order valence-electron chi connectivity index (χ4n) is 3.48. The SMILES string of the molecule is CC1=C(C(=O)Nc2cc(C)on2)[C@H](c2ccccc2Cl)NC(=S)N1c1ccccc1. The molecule has 0 saturated carbocycles. The van der Waals surface area contributed by atoms with Gasteiger partial charge in [0.15, 0.2) is 10.9 Å². The van der Waals surface area contributed by atoms with Crippen LogP contribution in [0, 0.1) is 6.92 Å². The Balaban J connectivity index is 1.82. The first-order valence-corrected chi connectivity index (χ1v) is 10.1. The second-order valence-corrected chi connectivity index (χ2v) is 7.64. The van der Waals surface area contributed by atoms with Crippen LogP contribution in [0.5, 0.6) is 0 Å². The molecule has 0 aliphatic carbocycles. The van der Waals surface area contributed by atoms with E-state index in [-0.39, 0.29) is 5.91 Å². The van der Waals surface area contributed by atoms with Gasteiger partial charge in [-0.05, 0) is 49.8 Å². The number of carbonyl (C=O) groups excluding carboxylic acids is 1. The van der Waals surface area contributed by atoms with Crippen molar-refractivity contribution in [3.05, 3.63) is 88.3 Å². The molecular weight excluding hydrogens is 420 g/mol. The van der Waals surface area contributed by atoms with Crippen LogP contribution in [-0.4, -0.2) is 16.2 Å². The van der Waals surface area contributed by atoms with Crippen LogP contribution >= 0.6 is 23.8 Å². The highest BCUT2D eigenvalue weighted by Crippen LogP contribution is 2.36. The average molecular weight is 439 g/mol. The van der Waals surface area contributed by atoms with Gasteiger partial charge in [-0.2, -0.15) is 0 Å². The number of thiocarbonyl (C=S) groups is 1. The van der Waals surface area contributed by atoms with Crippen molar-refractivity contribution in [1.29, 1.82) is 0 Å². The van der Waals surface area contributed by atoms with E-state index < -0.39 is 6.04 Å². The Morgan fingerprint density at radius 1 is 1.17 bits per heavy atom. The molecule has 1 amide bonds. The van der Waals surface area contributed by atoms with E-state index in [4.69, 9.17) is 28.3 Å². The number of halogens is 1. The summed E-state index contributed by atoms with van der Waals surface area (Å²) in [5.74, 6) is 0.629. The topological polar surface area (TPSA) is 70.4 Å². The van der Waals surface area contributed by atoms with Crippen molar-refractivity contribution in [2.75, 3.05) is 10.2 Å². The number of amides is 1. The average Bonchev–Trinajstić information content (AvgIpc) is 3.13. The minimum atomic E-state index is -0.515. The Morgan fingerprint density at radius 3 is 2.53 bits per heavy atom. The lowest BCUT2D eigenvalue weighted by atomic mass is 9.94. The fraction of sp³-hybridized carbons (Fsp3) is 0.136. The third-order valence-electron chi connectivity index (χ3n) is 4.83. The van der Waals surface area contributed by atoms with Gasteiger partial charge in [-0.15, -0.1) is 0 Å². The molecule has 1 aromatic heterocycles. The van der Waals surface area contributed by atoms with Crippen molar-refractivity contribution in [2.45, 2.75) is 19.9 Å². The van der Waals surface area contributed by atoms with Crippen LogP contribution in [0.1, 0.15) is 24.3 Å².